The molecule has 0 aliphatic carbocycles. The Balaban J connectivity index is 0. The van der Waals surface area contributed by atoms with Crippen LogP contribution in [0.5, 0.6) is 0 Å². The average Bonchev–Trinajstić information content (AvgIpc) is 2.06. The smallest absolute Gasteiger partial charge is 0.0403 e. The van der Waals surface area contributed by atoms with Gasteiger partial charge in [0.1, 0.15) is 0 Å². The molecule has 0 saturated carbocycles. The van der Waals surface area contributed by atoms with Gasteiger partial charge in [0.25, 0.3) is 0 Å². The van der Waals surface area contributed by atoms with E-state index in [-0.39, 0.29) is 6.67 Å². The van der Waals surface area contributed by atoms with E-state index in [1.165, 1.54) is 44.9 Å². The third-order valence-corrected chi connectivity index (χ3v) is 1.71. The first-order valence-electron chi connectivity index (χ1n) is 5.23. The van der Waals surface area contributed by atoms with Crippen LogP contribution in [0.1, 0.15) is 58.8 Å². The van der Waals surface area contributed by atoms with Gasteiger partial charge in [-0.2, -0.15) is 0 Å². The number of nitrogens with two attached hydrogens (primary N) is 2. The zero-order valence-electron chi connectivity index (χ0n) is 8.81. The van der Waals surface area contributed by atoms with Crippen LogP contribution in [-0.4, -0.2) is 6.67 Å². The molecule has 0 saturated heterocycles. The van der Waals surface area contributed by atoms with Crippen molar-refractivity contribution in [2.24, 2.45) is 11.5 Å². The zero-order valence-corrected chi connectivity index (χ0v) is 8.81. The normalized spacial score (nSPS) is 9.00. The van der Waals surface area contributed by atoms with E-state index in [1.807, 2.05) is 0 Å². The maximum absolute atomic E-state index is 4.62. The predicted octanol–water partition coefficient (Wildman–Crippen LogP) is 2.62. The molecule has 0 amide bonds. The van der Waals surface area contributed by atoms with Crippen molar-refractivity contribution in [2.45, 2.75) is 58.8 Å². The molecule has 0 aromatic carbocycles. The molecule has 76 valence electrons. The summed E-state index contributed by atoms with van der Waals surface area (Å²) in [7, 11) is 0. The van der Waals surface area contributed by atoms with Crippen molar-refractivity contribution >= 4 is 0 Å². The van der Waals surface area contributed by atoms with Crippen LogP contribution < -0.4 is 11.5 Å². The summed E-state index contributed by atoms with van der Waals surface area (Å²) in [4.78, 5) is 0. The van der Waals surface area contributed by atoms with Crippen LogP contribution in [0.2, 0.25) is 0 Å². The van der Waals surface area contributed by atoms with Crippen LogP contribution in [0.3, 0.4) is 0 Å². The SMILES string of the molecule is CCCCCCCCC.NCN. The third kappa shape index (κ3) is 22.5. The van der Waals surface area contributed by atoms with Crippen molar-refractivity contribution in [3.63, 3.8) is 0 Å². The Morgan fingerprint density at radius 2 is 0.917 bits per heavy atom. The van der Waals surface area contributed by atoms with E-state index in [1.54, 1.807) is 0 Å². The molecule has 0 heterocycles. The quantitative estimate of drug-likeness (QED) is 0.480. The summed E-state index contributed by atoms with van der Waals surface area (Å²) in [5.74, 6) is 0. The first-order chi connectivity index (χ1) is 5.83. The molecule has 2 heteroatoms. The van der Waals surface area contributed by atoms with Crippen molar-refractivity contribution in [1.29, 1.82) is 0 Å². The van der Waals surface area contributed by atoms with Crippen molar-refractivity contribution in [1.82, 2.24) is 0 Å². The molecule has 4 N–H and O–H groups in total. The fraction of sp³-hybridized carbons (Fsp3) is 1.00. The van der Waals surface area contributed by atoms with Gasteiger partial charge in [0.15, 0.2) is 0 Å². The number of unbranched alkanes of at least 4 members (excludes halogenated alkanes) is 6. The van der Waals surface area contributed by atoms with Crippen LogP contribution in [0, 0.1) is 0 Å². The Bertz CT molecular complexity index is 49.8. The van der Waals surface area contributed by atoms with Gasteiger partial charge in [-0.05, 0) is 0 Å². The highest BCUT2D eigenvalue weighted by atomic mass is 14.7. The van der Waals surface area contributed by atoms with Crippen molar-refractivity contribution in [3.05, 3.63) is 0 Å². The maximum Gasteiger partial charge on any atom is 0.0403 e. The van der Waals surface area contributed by atoms with E-state index >= 15 is 0 Å². The molecule has 0 radical (unpaired) electrons. The molecule has 12 heavy (non-hydrogen) atoms. The summed E-state index contributed by atoms with van der Waals surface area (Å²) >= 11 is 0. The standard InChI is InChI=1S/C9H20.CH6N2/c1-3-5-7-9-8-6-4-2;2-1-3/h3-9H2,1-2H3;1-3H2. The highest BCUT2D eigenvalue weighted by Crippen LogP contribution is 2.05. The lowest BCUT2D eigenvalue weighted by Gasteiger charge is -1.96. The average molecular weight is 174 g/mol. The van der Waals surface area contributed by atoms with E-state index in [4.69, 9.17) is 0 Å². The molecule has 0 fully saturated rings. The molecule has 0 aliphatic rings. The van der Waals surface area contributed by atoms with Gasteiger partial charge in [0, 0.05) is 6.67 Å². The van der Waals surface area contributed by atoms with Crippen molar-refractivity contribution < 1.29 is 0 Å². The van der Waals surface area contributed by atoms with Crippen molar-refractivity contribution in [3.8, 4) is 0 Å². The minimum Gasteiger partial charge on any atom is -0.319 e. The molecule has 0 rings (SSSR count). The molecular weight excluding hydrogens is 148 g/mol. The largest absolute Gasteiger partial charge is 0.319 e. The monoisotopic (exact) mass is 174 g/mol. The molecule has 0 aromatic heterocycles. The molecular formula is C10H26N2. The van der Waals surface area contributed by atoms with Gasteiger partial charge >= 0.3 is 0 Å². The summed E-state index contributed by atoms with van der Waals surface area (Å²) < 4.78 is 0. The molecule has 0 atom stereocenters. The van der Waals surface area contributed by atoms with Gasteiger partial charge in [0.2, 0.25) is 0 Å². The van der Waals surface area contributed by atoms with Crippen LogP contribution >= 0.6 is 0 Å². The molecule has 0 aliphatic heterocycles. The number of rotatable bonds is 6. The fourth-order valence-corrected chi connectivity index (χ4v) is 1.03. The van der Waals surface area contributed by atoms with E-state index in [2.05, 4.69) is 25.3 Å². The van der Waals surface area contributed by atoms with Gasteiger partial charge in [-0.1, -0.05) is 58.8 Å². The molecule has 0 bridgehead atoms. The lowest BCUT2D eigenvalue weighted by Crippen LogP contribution is -2.08. The minimum absolute atomic E-state index is 0.250. The molecule has 0 spiro atoms. The van der Waals surface area contributed by atoms with Gasteiger partial charge in [-0.15, -0.1) is 0 Å². The lowest BCUT2D eigenvalue weighted by molar-refractivity contribution is 0.602. The minimum atomic E-state index is 0.250. The summed E-state index contributed by atoms with van der Waals surface area (Å²) in [6.45, 7) is 4.78. The highest BCUT2D eigenvalue weighted by Gasteiger charge is 1.85. The maximum atomic E-state index is 4.62. The lowest BCUT2D eigenvalue weighted by atomic mass is 10.1. The van der Waals surface area contributed by atoms with Gasteiger partial charge in [-0.25, -0.2) is 0 Å². The highest BCUT2D eigenvalue weighted by molar-refractivity contribution is 4.41. The van der Waals surface area contributed by atoms with E-state index in [9.17, 15) is 0 Å². The Morgan fingerprint density at radius 1 is 0.667 bits per heavy atom. The second kappa shape index (κ2) is 17.1. The molecule has 2 nitrogen and oxygen atoms in total. The predicted molar refractivity (Wildman–Crippen MR) is 56.9 cm³/mol. The van der Waals surface area contributed by atoms with Crippen LogP contribution in [0.4, 0.5) is 0 Å². The summed E-state index contributed by atoms with van der Waals surface area (Å²) in [6, 6.07) is 0. The Kier molecular flexibility index (Phi) is 20.6. The Labute approximate surface area is 77.7 Å². The molecule has 0 aromatic rings. The molecule has 0 unspecified atom stereocenters. The van der Waals surface area contributed by atoms with Gasteiger partial charge in [0.05, 0.1) is 0 Å². The first kappa shape index (κ1) is 14.4. The van der Waals surface area contributed by atoms with E-state index in [0.29, 0.717) is 0 Å². The second-order valence-corrected chi connectivity index (χ2v) is 3.00. The van der Waals surface area contributed by atoms with Crippen LogP contribution in [-0.2, 0) is 0 Å². The Morgan fingerprint density at radius 3 is 1.17 bits per heavy atom. The van der Waals surface area contributed by atoms with Gasteiger partial charge < -0.3 is 11.5 Å². The summed E-state index contributed by atoms with van der Waals surface area (Å²) in [5, 5.41) is 0. The topological polar surface area (TPSA) is 52.0 Å². The third-order valence-electron chi connectivity index (χ3n) is 1.71. The number of hydrogen-bond acceptors (Lipinski definition) is 2. The van der Waals surface area contributed by atoms with E-state index in [0.717, 1.165) is 0 Å². The second-order valence-electron chi connectivity index (χ2n) is 3.00. The van der Waals surface area contributed by atoms with Crippen LogP contribution in [0.15, 0.2) is 0 Å². The van der Waals surface area contributed by atoms with Crippen LogP contribution in [0.25, 0.3) is 0 Å². The first-order valence-corrected chi connectivity index (χ1v) is 5.23. The summed E-state index contributed by atoms with van der Waals surface area (Å²) in [5.41, 5.74) is 9.25. The Hall–Kier alpha value is -0.0800. The van der Waals surface area contributed by atoms with Gasteiger partial charge in [-0.3, -0.25) is 0 Å². The van der Waals surface area contributed by atoms with Crippen molar-refractivity contribution in [2.75, 3.05) is 6.67 Å². The number of hydrogen-bond donors (Lipinski definition) is 2. The summed E-state index contributed by atoms with van der Waals surface area (Å²) in [6.07, 6.45) is 9.97. The zero-order chi connectivity index (χ0) is 9.66. The van der Waals surface area contributed by atoms with E-state index < -0.39 is 0 Å². The fourth-order valence-electron chi connectivity index (χ4n) is 1.03.